The number of carbonyl (C=O) groups is 2. The molecule has 1 aromatic rings. The molecule has 0 amide bonds. The van der Waals surface area contributed by atoms with Gasteiger partial charge in [-0.1, -0.05) is 41.9 Å². The molecule has 4 nitrogen and oxygen atoms in total. The third-order valence-electron chi connectivity index (χ3n) is 4.67. The van der Waals surface area contributed by atoms with Crippen LogP contribution in [0.15, 0.2) is 41.1 Å². The van der Waals surface area contributed by atoms with Crippen molar-refractivity contribution in [3.05, 3.63) is 46.6 Å². The molecular weight excluding hydrogens is 314 g/mol. The highest BCUT2D eigenvalue weighted by atomic mass is 35.5. The highest BCUT2D eigenvalue weighted by molar-refractivity contribution is 6.48. The molecule has 0 saturated carbocycles. The molecular formula is C18H22ClNO3. The van der Waals surface area contributed by atoms with Crippen LogP contribution in [0.3, 0.4) is 0 Å². The number of carbonyl (C=O) groups excluding carboxylic acids is 2. The first kappa shape index (κ1) is 17.7. The molecule has 1 unspecified atom stereocenters. The molecule has 1 aromatic carbocycles. The Morgan fingerprint density at radius 1 is 1.22 bits per heavy atom. The topological polar surface area (TPSA) is 57.6 Å². The zero-order valence-electron chi connectivity index (χ0n) is 13.9. The highest BCUT2D eigenvalue weighted by Gasteiger charge is 2.65. The third-order valence-corrected chi connectivity index (χ3v) is 5.02. The first-order chi connectivity index (χ1) is 10.7. The van der Waals surface area contributed by atoms with Crippen LogP contribution in [-0.2, 0) is 4.79 Å². The van der Waals surface area contributed by atoms with Crippen LogP contribution in [0.1, 0.15) is 38.1 Å². The minimum Gasteiger partial charge on any atom is -0.375 e. The lowest BCUT2D eigenvalue weighted by Gasteiger charge is -2.50. The van der Waals surface area contributed by atoms with Gasteiger partial charge in [-0.2, -0.15) is 0 Å². The van der Waals surface area contributed by atoms with E-state index in [0.29, 0.717) is 24.4 Å². The normalized spacial score (nSPS) is 21.2. The SMILES string of the molecule is CCN(CC)C1=C(Cl)C(=O)C1(O)C(C)(C)C(=O)c1ccccc1. The molecule has 0 aliphatic heterocycles. The lowest BCUT2D eigenvalue weighted by molar-refractivity contribution is -0.145. The largest absolute Gasteiger partial charge is 0.375 e. The highest BCUT2D eigenvalue weighted by Crippen LogP contribution is 2.51. The molecule has 0 saturated heterocycles. The van der Waals surface area contributed by atoms with E-state index >= 15 is 0 Å². The molecule has 0 spiro atoms. The second-order valence-corrected chi connectivity index (χ2v) is 6.57. The van der Waals surface area contributed by atoms with E-state index in [0.717, 1.165) is 0 Å². The molecule has 2 rings (SSSR count). The fourth-order valence-corrected chi connectivity index (χ4v) is 3.47. The molecule has 1 aliphatic rings. The van der Waals surface area contributed by atoms with Crippen LogP contribution in [0, 0.1) is 5.41 Å². The van der Waals surface area contributed by atoms with E-state index in [9.17, 15) is 14.7 Å². The van der Waals surface area contributed by atoms with E-state index in [1.165, 1.54) is 0 Å². The van der Waals surface area contributed by atoms with Gasteiger partial charge in [0.1, 0.15) is 5.03 Å². The summed E-state index contributed by atoms with van der Waals surface area (Å²) in [7, 11) is 0. The second-order valence-electron chi connectivity index (χ2n) is 6.19. The van der Waals surface area contributed by atoms with E-state index in [1.807, 2.05) is 24.8 Å². The molecule has 23 heavy (non-hydrogen) atoms. The number of likely N-dealkylation sites (N-methyl/N-ethyl adjacent to an activating group) is 1. The number of rotatable bonds is 6. The van der Waals surface area contributed by atoms with E-state index in [4.69, 9.17) is 11.6 Å². The van der Waals surface area contributed by atoms with Crippen molar-refractivity contribution in [2.45, 2.75) is 33.3 Å². The van der Waals surface area contributed by atoms with Gasteiger partial charge in [-0.05, 0) is 27.7 Å². The first-order valence-electron chi connectivity index (χ1n) is 7.75. The number of aliphatic hydroxyl groups is 1. The van der Waals surface area contributed by atoms with Gasteiger partial charge in [0.2, 0.25) is 5.78 Å². The van der Waals surface area contributed by atoms with Crippen LogP contribution < -0.4 is 0 Å². The van der Waals surface area contributed by atoms with Crippen LogP contribution in [-0.4, -0.2) is 40.3 Å². The minimum atomic E-state index is -1.90. The van der Waals surface area contributed by atoms with Gasteiger partial charge in [0.25, 0.3) is 0 Å². The summed E-state index contributed by atoms with van der Waals surface area (Å²) >= 11 is 6.08. The van der Waals surface area contributed by atoms with Crippen LogP contribution >= 0.6 is 11.6 Å². The Kier molecular flexibility index (Phi) is 4.69. The van der Waals surface area contributed by atoms with Gasteiger partial charge in [-0.25, -0.2) is 0 Å². The van der Waals surface area contributed by atoms with Crippen molar-refractivity contribution < 1.29 is 14.7 Å². The Balaban J connectivity index is 2.50. The summed E-state index contributed by atoms with van der Waals surface area (Å²) in [4.78, 5) is 27.1. The summed E-state index contributed by atoms with van der Waals surface area (Å²) in [5, 5.41) is 11.2. The Bertz CT molecular complexity index is 662. The molecule has 0 fully saturated rings. The summed E-state index contributed by atoms with van der Waals surface area (Å²) in [6, 6.07) is 8.68. The van der Waals surface area contributed by atoms with Crippen LogP contribution in [0.5, 0.6) is 0 Å². The summed E-state index contributed by atoms with van der Waals surface area (Å²) in [5.74, 6) is -0.877. The molecule has 1 N–H and O–H groups in total. The van der Waals surface area contributed by atoms with Crippen LogP contribution in [0.25, 0.3) is 0 Å². The predicted octanol–water partition coefficient (Wildman–Crippen LogP) is 3.00. The molecule has 5 heteroatoms. The van der Waals surface area contributed by atoms with Crippen molar-refractivity contribution >= 4 is 23.2 Å². The average molecular weight is 336 g/mol. The number of hydrogen-bond donors (Lipinski definition) is 1. The Morgan fingerprint density at radius 2 is 1.74 bits per heavy atom. The Labute approximate surface area is 141 Å². The smallest absolute Gasteiger partial charge is 0.214 e. The predicted molar refractivity (Wildman–Crippen MR) is 90.3 cm³/mol. The summed E-state index contributed by atoms with van der Waals surface area (Å²) in [6.07, 6.45) is 0. The van der Waals surface area contributed by atoms with Gasteiger partial charge in [-0.3, -0.25) is 9.59 Å². The molecule has 1 atom stereocenters. The monoisotopic (exact) mass is 335 g/mol. The van der Waals surface area contributed by atoms with Crippen LogP contribution in [0.2, 0.25) is 0 Å². The van der Waals surface area contributed by atoms with Crippen molar-refractivity contribution in [2.24, 2.45) is 5.41 Å². The zero-order valence-corrected chi connectivity index (χ0v) is 14.6. The number of benzene rings is 1. The number of halogens is 1. The maximum Gasteiger partial charge on any atom is 0.214 e. The lowest BCUT2D eigenvalue weighted by Crippen LogP contribution is -2.65. The van der Waals surface area contributed by atoms with Gasteiger partial charge in [-0.15, -0.1) is 0 Å². The number of nitrogens with zero attached hydrogens (tertiary/aromatic N) is 1. The van der Waals surface area contributed by atoms with Gasteiger partial charge in [0.15, 0.2) is 11.4 Å². The standard InChI is InChI=1S/C18H22ClNO3/c1-5-20(6-2)14-13(19)16(22)18(14,23)17(3,4)15(21)12-10-8-7-9-11-12/h7-11,23H,5-6H2,1-4H3. The van der Waals surface area contributed by atoms with Gasteiger partial charge in [0.05, 0.1) is 11.1 Å². The molecule has 0 aromatic heterocycles. The van der Waals surface area contributed by atoms with Crippen molar-refractivity contribution in [3.63, 3.8) is 0 Å². The molecule has 0 bridgehead atoms. The third kappa shape index (κ3) is 2.41. The van der Waals surface area contributed by atoms with E-state index in [-0.39, 0.29) is 10.8 Å². The molecule has 0 radical (unpaired) electrons. The van der Waals surface area contributed by atoms with Crippen LogP contribution in [0.4, 0.5) is 0 Å². The van der Waals surface area contributed by atoms with Crippen molar-refractivity contribution in [2.75, 3.05) is 13.1 Å². The summed E-state index contributed by atoms with van der Waals surface area (Å²) in [5.41, 5.74) is -2.41. The quantitative estimate of drug-likeness (QED) is 0.812. The van der Waals surface area contributed by atoms with Crippen molar-refractivity contribution in [1.82, 2.24) is 4.90 Å². The van der Waals surface area contributed by atoms with Crippen molar-refractivity contribution in [1.29, 1.82) is 0 Å². The van der Waals surface area contributed by atoms with E-state index in [2.05, 4.69) is 0 Å². The summed E-state index contributed by atoms with van der Waals surface area (Å²) in [6.45, 7) is 8.19. The zero-order chi connectivity index (χ0) is 17.4. The maximum absolute atomic E-state index is 12.9. The number of hydrogen-bond acceptors (Lipinski definition) is 4. The fourth-order valence-electron chi connectivity index (χ4n) is 3.07. The van der Waals surface area contributed by atoms with E-state index < -0.39 is 16.8 Å². The lowest BCUT2D eigenvalue weighted by atomic mass is 9.61. The van der Waals surface area contributed by atoms with Gasteiger partial charge >= 0.3 is 0 Å². The maximum atomic E-state index is 12.9. The first-order valence-corrected chi connectivity index (χ1v) is 8.13. The molecule has 1 aliphatic carbocycles. The minimum absolute atomic E-state index is 0.0186. The fraction of sp³-hybridized carbons (Fsp3) is 0.444. The Hall–Kier alpha value is -1.65. The second kappa shape index (κ2) is 6.10. The molecule has 124 valence electrons. The Morgan fingerprint density at radius 3 is 2.22 bits per heavy atom. The van der Waals surface area contributed by atoms with Crippen molar-refractivity contribution in [3.8, 4) is 0 Å². The van der Waals surface area contributed by atoms with Gasteiger partial charge < -0.3 is 10.0 Å². The molecule has 0 heterocycles. The summed E-state index contributed by atoms with van der Waals surface area (Å²) < 4.78 is 0. The average Bonchev–Trinajstić information content (AvgIpc) is 2.58. The number of Topliss-reactive ketones (excluding diaryl/α,β-unsaturated/α-hetero) is 2. The van der Waals surface area contributed by atoms with E-state index in [1.54, 1.807) is 38.1 Å². The van der Waals surface area contributed by atoms with Gasteiger partial charge in [0, 0.05) is 18.7 Å². The number of ketones is 2.